The van der Waals surface area contributed by atoms with E-state index in [2.05, 4.69) is 38.1 Å². The molecule has 0 bridgehead atoms. The zero-order valence-electron chi connectivity index (χ0n) is 17.9. The monoisotopic (exact) mass is 380 g/mol. The second kappa shape index (κ2) is 6.57. The smallest absolute Gasteiger partial charge is 0.165 e. The van der Waals surface area contributed by atoms with Crippen LogP contribution in [0.4, 0.5) is 0 Å². The van der Waals surface area contributed by atoms with E-state index in [0.29, 0.717) is 17.1 Å². The van der Waals surface area contributed by atoms with Crippen LogP contribution in [-0.2, 0) is 11.3 Å². The number of carbonyl (C=O) groups is 1. The summed E-state index contributed by atoms with van der Waals surface area (Å²) in [6.45, 7) is 7.88. The summed E-state index contributed by atoms with van der Waals surface area (Å²) in [4.78, 5) is 13.5. The Morgan fingerprint density at radius 2 is 2.00 bits per heavy atom. The van der Waals surface area contributed by atoms with E-state index in [1.54, 1.807) is 0 Å². The van der Waals surface area contributed by atoms with Crippen molar-refractivity contribution in [2.75, 3.05) is 0 Å². The van der Waals surface area contributed by atoms with Crippen LogP contribution in [0.1, 0.15) is 84.1 Å². The van der Waals surface area contributed by atoms with Crippen molar-refractivity contribution >= 4 is 11.9 Å². The molecule has 5 rings (SSSR count). The zero-order chi connectivity index (χ0) is 19.5. The molecule has 0 spiro atoms. The SMILES string of the molecule is CCn1cc(/C=C2\CC3C4CCC5CCCCC5(C)C4CCC3(C)C2=O)cn1. The first kappa shape index (κ1) is 18.6. The third kappa shape index (κ3) is 2.60. The predicted molar refractivity (Wildman–Crippen MR) is 113 cm³/mol. The van der Waals surface area contributed by atoms with Crippen LogP contribution < -0.4 is 0 Å². The molecule has 4 saturated carbocycles. The van der Waals surface area contributed by atoms with E-state index in [9.17, 15) is 4.79 Å². The van der Waals surface area contributed by atoms with E-state index < -0.39 is 0 Å². The Labute approximate surface area is 170 Å². The van der Waals surface area contributed by atoms with Gasteiger partial charge in [-0.3, -0.25) is 9.48 Å². The van der Waals surface area contributed by atoms with E-state index in [0.717, 1.165) is 48.3 Å². The maximum absolute atomic E-state index is 13.5. The molecule has 0 aliphatic heterocycles. The quantitative estimate of drug-likeness (QED) is 0.599. The first-order valence-electron chi connectivity index (χ1n) is 11.7. The van der Waals surface area contributed by atoms with Gasteiger partial charge in [-0.1, -0.05) is 26.7 Å². The average molecular weight is 381 g/mol. The first-order chi connectivity index (χ1) is 13.5. The molecular formula is C25H36N2O. The lowest BCUT2D eigenvalue weighted by Crippen LogP contribution is -2.52. The van der Waals surface area contributed by atoms with E-state index >= 15 is 0 Å². The predicted octanol–water partition coefficient (Wildman–Crippen LogP) is 5.90. The normalized spacial score (nSPS) is 44.2. The molecule has 3 nitrogen and oxygen atoms in total. The molecule has 1 aromatic rings. The fourth-order valence-electron chi connectivity index (χ4n) is 7.92. The van der Waals surface area contributed by atoms with Crippen LogP contribution in [0.15, 0.2) is 18.0 Å². The molecular weight excluding hydrogens is 344 g/mol. The van der Waals surface area contributed by atoms with E-state index in [4.69, 9.17) is 0 Å². The number of hydrogen-bond donors (Lipinski definition) is 0. The van der Waals surface area contributed by atoms with Crippen molar-refractivity contribution in [1.29, 1.82) is 0 Å². The molecule has 0 amide bonds. The van der Waals surface area contributed by atoms with Crippen LogP contribution in [0, 0.1) is 34.5 Å². The largest absolute Gasteiger partial charge is 0.294 e. The van der Waals surface area contributed by atoms with Crippen molar-refractivity contribution in [2.45, 2.75) is 85.1 Å². The summed E-state index contributed by atoms with van der Waals surface area (Å²) in [5, 5.41) is 4.39. The Morgan fingerprint density at radius 3 is 2.79 bits per heavy atom. The highest BCUT2D eigenvalue weighted by molar-refractivity contribution is 6.05. The maximum atomic E-state index is 13.5. The van der Waals surface area contributed by atoms with Gasteiger partial charge in [-0.05, 0) is 92.6 Å². The van der Waals surface area contributed by atoms with Gasteiger partial charge >= 0.3 is 0 Å². The summed E-state index contributed by atoms with van der Waals surface area (Å²) in [7, 11) is 0. The number of allylic oxidation sites excluding steroid dienone is 1. The third-order valence-corrected chi connectivity index (χ3v) is 9.54. The van der Waals surface area contributed by atoms with Crippen molar-refractivity contribution < 1.29 is 4.79 Å². The lowest BCUT2D eigenvalue weighted by Gasteiger charge is -2.59. The summed E-state index contributed by atoms with van der Waals surface area (Å²) >= 11 is 0. The minimum absolute atomic E-state index is 0.119. The van der Waals surface area contributed by atoms with Crippen molar-refractivity contribution in [3.63, 3.8) is 0 Å². The summed E-state index contributed by atoms with van der Waals surface area (Å²) in [5.74, 6) is 3.55. The number of aryl methyl sites for hydroxylation is 1. The molecule has 1 heterocycles. The van der Waals surface area contributed by atoms with Gasteiger partial charge in [0, 0.05) is 23.7 Å². The molecule has 152 valence electrons. The highest BCUT2D eigenvalue weighted by Crippen LogP contribution is 2.66. The number of Topliss-reactive ketones (excluding diaryl/α,β-unsaturated/α-hetero) is 1. The molecule has 4 fully saturated rings. The number of ketones is 1. The number of hydrogen-bond acceptors (Lipinski definition) is 2. The van der Waals surface area contributed by atoms with Gasteiger partial charge in [-0.2, -0.15) is 5.10 Å². The minimum Gasteiger partial charge on any atom is -0.294 e. The maximum Gasteiger partial charge on any atom is 0.165 e. The fraction of sp³-hybridized carbons (Fsp3) is 0.760. The zero-order valence-corrected chi connectivity index (χ0v) is 17.9. The summed E-state index contributed by atoms with van der Waals surface area (Å²) in [5.41, 5.74) is 2.58. The molecule has 0 radical (unpaired) electrons. The standard InChI is InChI=1S/C25H36N2O/c1-4-27-16-17(15-26-27)13-18-14-22-20-9-8-19-7-5-6-11-24(19,2)21(20)10-12-25(22,3)23(18)28/h13,15-16,19-22H,4-12,14H2,1-3H3/b18-13+. The fourth-order valence-corrected chi connectivity index (χ4v) is 7.92. The molecule has 0 aromatic carbocycles. The summed E-state index contributed by atoms with van der Waals surface area (Å²) in [6, 6.07) is 0. The Balaban J connectivity index is 1.45. The van der Waals surface area contributed by atoms with Crippen LogP contribution in [-0.4, -0.2) is 15.6 Å². The van der Waals surface area contributed by atoms with Crippen LogP contribution in [0.25, 0.3) is 6.08 Å². The first-order valence-corrected chi connectivity index (χ1v) is 11.7. The third-order valence-electron chi connectivity index (χ3n) is 9.54. The molecule has 1 aromatic heterocycles. The van der Waals surface area contributed by atoms with Crippen LogP contribution in [0.5, 0.6) is 0 Å². The number of rotatable bonds is 2. The lowest BCUT2D eigenvalue weighted by atomic mass is 9.45. The summed E-state index contributed by atoms with van der Waals surface area (Å²) < 4.78 is 1.95. The Morgan fingerprint density at radius 1 is 1.14 bits per heavy atom. The highest BCUT2D eigenvalue weighted by atomic mass is 16.1. The van der Waals surface area contributed by atoms with Crippen LogP contribution in [0.3, 0.4) is 0 Å². The topological polar surface area (TPSA) is 34.9 Å². The van der Waals surface area contributed by atoms with Gasteiger partial charge < -0.3 is 0 Å². The van der Waals surface area contributed by atoms with Crippen LogP contribution in [0.2, 0.25) is 0 Å². The van der Waals surface area contributed by atoms with E-state index in [1.165, 1.54) is 44.9 Å². The molecule has 28 heavy (non-hydrogen) atoms. The Hall–Kier alpha value is -1.38. The van der Waals surface area contributed by atoms with Crippen molar-refractivity contribution in [3.8, 4) is 0 Å². The van der Waals surface area contributed by atoms with Gasteiger partial charge in [0.05, 0.1) is 6.20 Å². The van der Waals surface area contributed by atoms with Crippen molar-refractivity contribution in [3.05, 3.63) is 23.5 Å². The van der Waals surface area contributed by atoms with Crippen molar-refractivity contribution in [1.82, 2.24) is 9.78 Å². The molecule has 6 unspecified atom stereocenters. The molecule has 6 atom stereocenters. The number of nitrogens with zero attached hydrogens (tertiary/aromatic N) is 2. The second-order valence-corrected chi connectivity index (χ2v) is 10.7. The molecule has 0 saturated heterocycles. The van der Waals surface area contributed by atoms with Gasteiger partial charge in [0.15, 0.2) is 5.78 Å². The highest BCUT2D eigenvalue weighted by Gasteiger charge is 2.60. The number of carbonyl (C=O) groups excluding carboxylic acids is 1. The molecule has 4 aliphatic carbocycles. The average Bonchev–Trinajstić information content (AvgIpc) is 3.25. The number of fused-ring (bicyclic) bond motifs is 5. The van der Waals surface area contributed by atoms with E-state index in [1.807, 2.05) is 10.9 Å². The van der Waals surface area contributed by atoms with Gasteiger partial charge in [-0.15, -0.1) is 0 Å². The summed E-state index contributed by atoms with van der Waals surface area (Å²) in [6.07, 6.45) is 18.0. The lowest BCUT2D eigenvalue weighted by molar-refractivity contribution is -0.137. The van der Waals surface area contributed by atoms with Gasteiger partial charge in [0.2, 0.25) is 0 Å². The number of aromatic nitrogens is 2. The van der Waals surface area contributed by atoms with E-state index in [-0.39, 0.29) is 5.41 Å². The van der Waals surface area contributed by atoms with Gasteiger partial charge in [0.25, 0.3) is 0 Å². The minimum atomic E-state index is -0.119. The second-order valence-electron chi connectivity index (χ2n) is 10.7. The van der Waals surface area contributed by atoms with Gasteiger partial charge in [0.1, 0.15) is 0 Å². The van der Waals surface area contributed by atoms with Gasteiger partial charge in [-0.25, -0.2) is 0 Å². The Bertz CT molecular complexity index is 807. The molecule has 4 aliphatic rings. The van der Waals surface area contributed by atoms with Crippen molar-refractivity contribution in [2.24, 2.45) is 34.5 Å². The van der Waals surface area contributed by atoms with Crippen LogP contribution >= 0.6 is 0 Å². The Kier molecular flexibility index (Phi) is 4.37. The molecule has 0 N–H and O–H groups in total. The molecule has 3 heteroatoms.